The van der Waals surface area contributed by atoms with E-state index in [1.807, 2.05) is 36.9 Å². The third kappa shape index (κ3) is 3.77. The number of hydrogen-bond donors (Lipinski definition) is 2. The van der Waals surface area contributed by atoms with E-state index in [-0.39, 0.29) is 6.61 Å². The minimum Gasteiger partial charge on any atom is -0.396 e. The predicted molar refractivity (Wildman–Crippen MR) is 105 cm³/mol. The molecule has 0 fully saturated rings. The van der Waals surface area contributed by atoms with Gasteiger partial charge in [-0.2, -0.15) is 0 Å². The minimum absolute atomic E-state index is 0.151. The first-order valence-corrected chi connectivity index (χ1v) is 8.97. The first kappa shape index (κ1) is 17.7. The van der Waals surface area contributed by atoms with Gasteiger partial charge in [-0.1, -0.05) is 28.1 Å². The summed E-state index contributed by atoms with van der Waals surface area (Å²) in [5.41, 5.74) is 9.02. The predicted octanol–water partition coefficient (Wildman–Crippen LogP) is 2.87. The molecule has 2 heterocycles. The summed E-state index contributed by atoms with van der Waals surface area (Å²) in [7, 11) is 3.97. The average Bonchev–Trinajstić information content (AvgIpc) is 2.92. The van der Waals surface area contributed by atoms with E-state index in [1.54, 1.807) is 0 Å². The molecule has 3 N–H and O–H groups in total. The van der Waals surface area contributed by atoms with Gasteiger partial charge in [0.1, 0.15) is 17.2 Å². The molecular weight excluding hydrogens is 382 g/mol. The van der Waals surface area contributed by atoms with Crippen LogP contribution in [0.1, 0.15) is 17.8 Å². The van der Waals surface area contributed by atoms with Gasteiger partial charge < -0.3 is 20.3 Å². The first-order chi connectivity index (χ1) is 12.0. The second kappa shape index (κ2) is 7.41. The van der Waals surface area contributed by atoms with Crippen LogP contribution in [0.5, 0.6) is 0 Å². The first-order valence-electron chi connectivity index (χ1n) is 8.18. The van der Waals surface area contributed by atoms with Crippen LogP contribution in [0.15, 0.2) is 34.8 Å². The molecule has 3 aromatic rings. The number of nitrogens with two attached hydrogens (primary N) is 1. The second-order valence-electron chi connectivity index (χ2n) is 6.13. The van der Waals surface area contributed by atoms with E-state index >= 15 is 0 Å². The molecule has 3 rings (SSSR count). The molecule has 0 saturated carbocycles. The lowest BCUT2D eigenvalue weighted by Crippen LogP contribution is -2.18. The van der Waals surface area contributed by atoms with Crippen LogP contribution in [-0.4, -0.2) is 33.3 Å². The van der Waals surface area contributed by atoms with E-state index in [9.17, 15) is 0 Å². The van der Waals surface area contributed by atoms with Crippen molar-refractivity contribution < 1.29 is 5.11 Å². The van der Waals surface area contributed by atoms with Crippen molar-refractivity contribution in [2.24, 2.45) is 7.05 Å². The largest absolute Gasteiger partial charge is 0.396 e. The minimum atomic E-state index is 0.151. The van der Waals surface area contributed by atoms with Crippen molar-refractivity contribution in [1.82, 2.24) is 14.5 Å². The molecule has 0 spiro atoms. The molecule has 0 amide bonds. The fourth-order valence-corrected chi connectivity index (χ4v) is 3.11. The quantitative estimate of drug-likeness (QED) is 0.661. The Morgan fingerprint density at radius 3 is 2.64 bits per heavy atom. The Morgan fingerprint density at radius 2 is 1.96 bits per heavy atom. The molecule has 1 aromatic carbocycles. The van der Waals surface area contributed by atoms with Gasteiger partial charge in [-0.05, 0) is 24.1 Å². The molecule has 0 saturated heterocycles. The zero-order chi connectivity index (χ0) is 18.0. The Morgan fingerprint density at radius 1 is 1.24 bits per heavy atom. The highest BCUT2D eigenvalue weighted by atomic mass is 79.9. The maximum absolute atomic E-state index is 9.04. The highest BCUT2D eigenvalue weighted by Gasteiger charge is 2.14. The summed E-state index contributed by atoms with van der Waals surface area (Å²) >= 11 is 3.45. The summed E-state index contributed by atoms with van der Waals surface area (Å²) in [4.78, 5) is 11.2. The molecule has 0 aliphatic rings. The van der Waals surface area contributed by atoms with E-state index in [2.05, 4.69) is 42.9 Å². The van der Waals surface area contributed by atoms with Gasteiger partial charge >= 0.3 is 0 Å². The number of anilines is 2. The normalized spacial score (nSPS) is 11.2. The summed E-state index contributed by atoms with van der Waals surface area (Å²) in [6.07, 6.45) is 1.39. The highest BCUT2D eigenvalue weighted by Crippen LogP contribution is 2.26. The number of benzene rings is 1. The zero-order valence-electron chi connectivity index (χ0n) is 14.4. The molecule has 0 bridgehead atoms. The molecule has 25 heavy (non-hydrogen) atoms. The number of aliphatic hydroxyl groups is 1. The molecule has 0 radical (unpaired) electrons. The van der Waals surface area contributed by atoms with Crippen LogP contribution in [0.2, 0.25) is 0 Å². The lowest BCUT2D eigenvalue weighted by atomic mass is 10.2. The number of nitrogen functional groups attached to an aromatic ring is 1. The van der Waals surface area contributed by atoms with Crippen LogP contribution >= 0.6 is 15.9 Å². The van der Waals surface area contributed by atoms with Gasteiger partial charge in [-0.25, -0.2) is 9.97 Å². The Hall–Kier alpha value is -2.12. The number of pyridine rings is 1. The van der Waals surface area contributed by atoms with Crippen LogP contribution < -0.4 is 10.6 Å². The van der Waals surface area contributed by atoms with E-state index in [0.717, 1.165) is 33.7 Å². The summed E-state index contributed by atoms with van der Waals surface area (Å²) in [6, 6.07) is 10.2. The molecule has 6 nitrogen and oxygen atoms in total. The van der Waals surface area contributed by atoms with Gasteiger partial charge in [0.05, 0.1) is 5.52 Å². The fourth-order valence-electron chi connectivity index (χ4n) is 2.84. The Balaban J connectivity index is 1.90. The zero-order valence-corrected chi connectivity index (χ0v) is 16.0. The summed E-state index contributed by atoms with van der Waals surface area (Å²) in [6.45, 7) is 0.887. The molecule has 0 atom stereocenters. The Bertz CT molecular complexity index is 875. The maximum atomic E-state index is 9.04. The molecule has 0 unspecified atom stereocenters. The molecule has 0 aliphatic carbocycles. The number of halogens is 1. The summed E-state index contributed by atoms with van der Waals surface area (Å²) in [5.74, 6) is 2.15. The van der Waals surface area contributed by atoms with Crippen LogP contribution in [0.3, 0.4) is 0 Å². The van der Waals surface area contributed by atoms with Crippen molar-refractivity contribution in [3.63, 3.8) is 0 Å². The van der Waals surface area contributed by atoms with Crippen molar-refractivity contribution >= 4 is 38.6 Å². The van der Waals surface area contributed by atoms with E-state index in [1.165, 1.54) is 5.56 Å². The van der Waals surface area contributed by atoms with E-state index in [4.69, 9.17) is 10.8 Å². The van der Waals surface area contributed by atoms with Crippen LogP contribution in [0.25, 0.3) is 11.0 Å². The van der Waals surface area contributed by atoms with Gasteiger partial charge in [0, 0.05) is 44.2 Å². The molecule has 132 valence electrons. The number of rotatable bonds is 6. The standard InChI is InChI=1S/C18H22BrN5O/c1-23(11-12-5-7-13(19)8-6-12)16-10-14-17(18(20)22-16)21-15(24(14)2)4-3-9-25/h5-8,10,25H,3-4,9,11H2,1-2H3,(H2,20,22). The van der Waals surface area contributed by atoms with Crippen molar-refractivity contribution in [3.8, 4) is 0 Å². The van der Waals surface area contributed by atoms with E-state index < -0.39 is 0 Å². The van der Waals surface area contributed by atoms with Crippen LogP contribution in [0, 0.1) is 0 Å². The SMILES string of the molecule is CN(Cc1ccc(Br)cc1)c1cc2c(nc(CCCO)n2C)c(N)n1. The lowest BCUT2D eigenvalue weighted by Gasteiger charge is -2.19. The number of hydrogen-bond acceptors (Lipinski definition) is 5. The number of nitrogens with zero attached hydrogens (tertiary/aromatic N) is 4. The van der Waals surface area contributed by atoms with Crippen molar-refractivity contribution in [2.45, 2.75) is 19.4 Å². The summed E-state index contributed by atoms with van der Waals surface area (Å²) in [5, 5.41) is 9.04. The third-order valence-electron chi connectivity index (χ3n) is 4.26. The summed E-state index contributed by atoms with van der Waals surface area (Å²) < 4.78 is 3.09. The number of fused-ring (bicyclic) bond motifs is 1. The Labute approximate surface area is 155 Å². The van der Waals surface area contributed by atoms with Crippen molar-refractivity contribution in [1.29, 1.82) is 0 Å². The average molecular weight is 404 g/mol. The van der Waals surface area contributed by atoms with Crippen molar-refractivity contribution in [3.05, 3.63) is 46.2 Å². The fraction of sp³-hybridized carbons (Fsp3) is 0.333. The number of aliphatic hydroxyl groups excluding tert-OH is 1. The van der Waals surface area contributed by atoms with Gasteiger partial charge in [0.25, 0.3) is 0 Å². The Kier molecular flexibility index (Phi) is 5.24. The maximum Gasteiger partial charge on any atom is 0.154 e. The van der Waals surface area contributed by atoms with Gasteiger partial charge in [-0.15, -0.1) is 0 Å². The van der Waals surface area contributed by atoms with Gasteiger partial charge in [-0.3, -0.25) is 0 Å². The number of aromatic nitrogens is 3. The smallest absolute Gasteiger partial charge is 0.154 e. The van der Waals surface area contributed by atoms with E-state index in [0.29, 0.717) is 18.7 Å². The molecular formula is C18H22BrN5O. The second-order valence-corrected chi connectivity index (χ2v) is 7.05. The van der Waals surface area contributed by atoms with Crippen LogP contribution in [-0.2, 0) is 20.0 Å². The molecule has 7 heteroatoms. The van der Waals surface area contributed by atoms with Gasteiger partial charge in [0.15, 0.2) is 5.82 Å². The molecule has 2 aromatic heterocycles. The monoisotopic (exact) mass is 403 g/mol. The lowest BCUT2D eigenvalue weighted by molar-refractivity contribution is 0.287. The number of imidazole rings is 1. The highest BCUT2D eigenvalue weighted by molar-refractivity contribution is 9.10. The van der Waals surface area contributed by atoms with Crippen molar-refractivity contribution in [2.75, 3.05) is 24.3 Å². The molecule has 0 aliphatic heterocycles. The third-order valence-corrected chi connectivity index (χ3v) is 4.79. The number of aryl methyl sites for hydroxylation is 2. The van der Waals surface area contributed by atoms with Crippen LogP contribution in [0.4, 0.5) is 11.6 Å². The topological polar surface area (TPSA) is 80.2 Å². The van der Waals surface area contributed by atoms with Gasteiger partial charge in [0.2, 0.25) is 0 Å².